The molecule has 0 aliphatic heterocycles. The Balaban J connectivity index is 0. The molecule has 5 nitrogen and oxygen atoms in total. The summed E-state index contributed by atoms with van der Waals surface area (Å²) < 4.78 is 9.35. The molecule has 1 amide bonds. The standard InChI is InChI=1S/C6H14N2O.C4H10O2/c1-4-8(3)6(9)5-7-2;1-4(5-2)6-3/h7H,4-5H2,1-3H3;4H,1-3H3. The second kappa shape index (κ2) is 11.4. The maximum Gasteiger partial charge on any atom is 0.236 e. The summed E-state index contributed by atoms with van der Waals surface area (Å²) >= 11 is 0. The largest absolute Gasteiger partial charge is 0.356 e. The molecule has 15 heavy (non-hydrogen) atoms. The van der Waals surface area contributed by atoms with Gasteiger partial charge in [0.15, 0.2) is 6.29 Å². The predicted octanol–water partition coefficient (Wildman–Crippen LogP) is 0.309. The van der Waals surface area contributed by atoms with E-state index in [-0.39, 0.29) is 12.2 Å². The van der Waals surface area contributed by atoms with E-state index in [1.54, 1.807) is 33.2 Å². The summed E-state index contributed by atoms with van der Waals surface area (Å²) in [6.07, 6.45) is -0.0648. The van der Waals surface area contributed by atoms with Gasteiger partial charge in [0.1, 0.15) is 0 Å². The van der Waals surface area contributed by atoms with Crippen molar-refractivity contribution >= 4 is 5.91 Å². The SMILES string of the molecule is CCN(C)C(=O)CNC.COC(C)OC. The average Bonchev–Trinajstić information content (AvgIpc) is 2.27. The van der Waals surface area contributed by atoms with Gasteiger partial charge in [-0.05, 0) is 20.9 Å². The van der Waals surface area contributed by atoms with E-state index in [1.165, 1.54) is 0 Å². The molecule has 0 heterocycles. The number of rotatable bonds is 5. The molecule has 0 bridgehead atoms. The molecule has 0 atom stereocenters. The van der Waals surface area contributed by atoms with Crippen molar-refractivity contribution in [3.63, 3.8) is 0 Å². The topological polar surface area (TPSA) is 50.8 Å². The molecule has 5 heteroatoms. The van der Waals surface area contributed by atoms with Crippen molar-refractivity contribution in [1.82, 2.24) is 10.2 Å². The van der Waals surface area contributed by atoms with Gasteiger partial charge in [-0.2, -0.15) is 0 Å². The van der Waals surface area contributed by atoms with E-state index >= 15 is 0 Å². The monoisotopic (exact) mass is 220 g/mol. The van der Waals surface area contributed by atoms with Crippen LogP contribution in [0.2, 0.25) is 0 Å². The van der Waals surface area contributed by atoms with Crippen LogP contribution in [-0.2, 0) is 14.3 Å². The number of hydrogen-bond acceptors (Lipinski definition) is 4. The Labute approximate surface area is 92.7 Å². The number of nitrogens with one attached hydrogen (secondary N) is 1. The maximum absolute atomic E-state index is 10.8. The van der Waals surface area contributed by atoms with Gasteiger partial charge in [-0.1, -0.05) is 0 Å². The van der Waals surface area contributed by atoms with Crippen molar-refractivity contribution < 1.29 is 14.3 Å². The Kier molecular flexibility index (Phi) is 12.8. The number of likely N-dealkylation sites (N-methyl/N-ethyl adjacent to an activating group) is 2. The smallest absolute Gasteiger partial charge is 0.236 e. The van der Waals surface area contributed by atoms with Gasteiger partial charge in [-0.3, -0.25) is 4.79 Å². The van der Waals surface area contributed by atoms with Gasteiger partial charge in [0.25, 0.3) is 0 Å². The molecule has 0 unspecified atom stereocenters. The Bertz CT molecular complexity index is 150. The molecular formula is C10H24N2O3. The molecule has 0 fully saturated rings. The Morgan fingerprint density at radius 2 is 1.87 bits per heavy atom. The van der Waals surface area contributed by atoms with Crippen LogP contribution in [0.4, 0.5) is 0 Å². The van der Waals surface area contributed by atoms with Crippen LogP contribution in [0.15, 0.2) is 0 Å². The number of amides is 1. The van der Waals surface area contributed by atoms with Crippen LogP contribution in [0, 0.1) is 0 Å². The minimum Gasteiger partial charge on any atom is -0.356 e. The third kappa shape index (κ3) is 11.3. The first-order valence-corrected chi connectivity index (χ1v) is 4.97. The third-order valence-electron chi connectivity index (χ3n) is 1.89. The van der Waals surface area contributed by atoms with Gasteiger partial charge in [-0.25, -0.2) is 0 Å². The van der Waals surface area contributed by atoms with Crippen LogP contribution < -0.4 is 5.32 Å². The summed E-state index contributed by atoms with van der Waals surface area (Å²) in [5.41, 5.74) is 0. The number of methoxy groups -OCH3 is 2. The van der Waals surface area contributed by atoms with Crippen molar-refractivity contribution in [1.29, 1.82) is 0 Å². The van der Waals surface area contributed by atoms with E-state index in [9.17, 15) is 4.79 Å². The molecule has 1 N–H and O–H groups in total. The van der Waals surface area contributed by atoms with Crippen molar-refractivity contribution in [2.45, 2.75) is 20.1 Å². The quantitative estimate of drug-likeness (QED) is 0.677. The molecule has 0 aromatic heterocycles. The van der Waals surface area contributed by atoms with Gasteiger partial charge in [0.2, 0.25) is 5.91 Å². The van der Waals surface area contributed by atoms with Gasteiger partial charge in [0.05, 0.1) is 6.54 Å². The predicted molar refractivity (Wildman–Crippen MR) is 60.7 cm³/mol. The first kappa shape index (κ1) is 16.8. The van der Waals surface area contributed by atoms with E-state index in [2.05, 4.69) is 14.8 Å². The number of hydrogen-bond donors (Lipinski definition) is 1. The summed E-state index contributed by atoms with van der Waals surface area (Å²) in [5.74, 6) is 0.139. The Morgan fingerprint density at radius 1 is 1.40 bits per heavy atom. The van der Waals surface area contributed by atoms with Crippen LogP contribution >= 0.6 is 0 Å². The zero-order valence-electron chi connectivity index (χ0n) is 10.7. The molecule has 0 saturated carbocycles. The average molecular weight is 220 g/mol. The van der Waals surface area contributed by atoms with Crippen LogP contribution in [0.1, 0.15) is 13.8 Å². The van der Waals surface area contributed by atoms with Gasteiger partial charge < -0.3 is 19.7 Å². The lowest BCUT2D eigenvalue weighted by Crippen LogP contribution is -2.33. The highest BCUT2D eigenvalue weighted by atomic mass is 16.7. The van der Waals surface area contributed by atoms with E-state index in [0.717, 1.165) is 6.54 Å². The fourth-order valence-corrected chi connectivity index (χ4v) is 0.559. The molecule has 0 radical (unpaired) electrons. The second-order valence-corrected chi connectivity index (χ2v) is 2.98. The van der Waals surface area contributed by atoms with Crippen molar-refractivity contribution in [3.05, 3.63) is 0 Å². The highest BCUT2D eigenvalue weighted by molar-refractivity contribution is 5.77. The summed E-state index contributed by atoms with van der Waals surface area (Å²) in [5, 5.41) is 2.79. The van der Waals surface area contributed by atoms with Gasteiger partial charge in [0, 0.05) is 27.8 Å². The fourth-order valence-electron chi connectivity index (χ4n) is 0.559. The Morgan fingerprint density at radius 3 is 2.07 bits per heavy atom. The lowest BCUT2D eigenvalue weighted by molar-refractivity contribution is -0.128. The molecule has 92 valence electrons. The summed E-state index contributed by atoms with van der Waals surface area (Å²) in [7, 11) is 6.77. The fraction of sp³-hybridized carbons (Fsp3) is 0.900. The van der Waals surface area contributed by atoms with E-state index in [0.29, 0.717) is 6.54 Å². The number of carbonyl (C=O) groups is 1. The molecule has 0 aromatic rings. The molecular weight excluding hydrogens is 196 g/mol. The highest BCUT2D eigenvalue weighted by Crippen LogP contribution is 1.83. The molecule has 0 aliphatic carbocycles. The zero-order valence-corrected chi connectivity index (χ0v) is 10.7. The zero-order chi connectivity index (χ0) is 12.3. The van der Waals surface area contributed by atoms with Crippen LogP contribution in [0.3, 0.4) is 0 Å². The molecule has 0 saturated heterocycles. The minimum absolute atomic E-state index is 0.0648. The van der Waals surface area contributed by atoms with E-state index in [1.807, 2.05) is 13.8 Å². The van der Waals surface area contributed by atoms with Crippen LogP contribution in [0.5, 0.6) is 0 Å². The van der Waals surface area contributed by atoms with Crippen molar-refractivity contribution in [3.8, 4) is 0 Å². The maximum atomic E-state index is 10.8. The third-order valence-corrected chi connectivity index (χ3v) is 1.89. The minimum atomic E-state index is -0.0648. The first-order valence-electron chi connectivity index (χ1n) is 4.97. The molecule has 0 aliphatic rings. The first-order chi connectivity index (χ1) is 7.03. The van der Waals surface area contributed by atoms with E-state index in [4.69, 9.17) is 0 Å². The summed E-state index contributed by atoms with van der Waals surface area (Å²) in [6.45, 7) is 5.00. The summed E-state index contributed by atoms with van der Waals surface area (Å²) in [6, 6.07) is 0. The highest BCUT2D eigenvalue weighted by Gasteiger charge is 2.02. The normalized spacial score (nSPS) is 9.53. The Hall–Kier alpha value is -0.650. The number of ether oxygens (including phenoxy) is 2. The second-order valence-electron chi connectivity index (χ2n) is 2.98. The number of carbonyl (C=O) groups excluding carboxylic acids is 1. The molecule has 0 aromatic carbocycles. The van der Waals surface area contributed by atoms with Gasteiger partial charge >= 0.3 is 0 Å². The molecule has 0 rings (SSSR count). The van der Waals surface area contributed by atoms with Crippen molar-refractivity contribution in [2.24, 2.45) is 0 Å². The summed E-state index contributed by atoms with van der Waals surface area (Å²) in [4.78, 5) is 12.5. The lowest BCUT2D eigenvalue weighted by atomic mass is 10.5. The van der Waals surface area contributed by atoms with Crippen LogP contribution in [0.25, 0.3) is 0 Å². The van der Waals surface area contributed by atoms with Crippen LogP contribution in [-0.4, -0.2) is 58.5 Å². The number of nitrogens with zero attached hydrogens (tertiary/aromatic N) is 1. The lowest BCUT2D eigenvalue weighted by Gasteiger charge is -2.13. The van der Waals surface area contributed by atoms with Crippen molar-refractivity contribution in [2.75, 3.05) is 41.4 Å². The van der Waals surface area contributed by atoms with Gasteiger partial charge in [-0.15, -0.1) is 0 Å². The van der Waals surface area contributed by atoms with E-state index < -0.39 is 0 Å². The molecule has 0 spiro atoms.